The standard InChI is InChI=1S/C30H31N3O3/c1-5-19(2)27(29(34)31-20-14-16-21(36-4)17-15-20)33-28(23-11-6-7-12-24(23)30(33)35)25-18-32(3)26-13-9-8-10-22(25)26/h6-19,27-28H,5H2,1-4H3,(H,31,34). The van der Waals surface area contributed by atoms with Crippen molar-refractivity contribution in [1.82, 2.24) is 9.47 Å². The lowest BCUT2D eigenvalue weighted by Crippen LogP contribution is -2.49. The van der Waals surface area contributed by atoms with Crippen molar-refractivity contribution in [2.75, 3.05) is 12.4 Å². The fourth-order valence-electron chi connectivity index (χ4n) is 5.30. The molecule has 36 heavy (non-hydrogen) atoms. The summed E-state index contributed by atoms with van der Waals surface area (Å²) >= 11 is 0. The summed E-state index contributed by atoms with van der Waals surface area (Å²) in [6, 6.07) is 22.1. The highest BCUT2D eigenvalue weighted by Gasteiger charge is 2.46. The molecular weight excluding hydrogens is 450 g/mol. The molecule has 4 aromatic rings. The molecule has 0 saturated carbocycles. The van der Waals surface area contributed by atoms with Crippen LogP contribution in [0.5, 0.6) is 5.75 Å². The average molecular weight is 482 g/mol. The van der Waals surface area contributed by atoms with Crippen molar-refractivity contribution in [3.8, 4) is 5.75 Å². The van der Waals surface area contributed by atoms with Crippen LogP contribution < -0.4 is 10.1 Å². The Bertz CT molecular complexity index is 1420. The summed E-state index contributed by atoms with van der Waals surface area (Å²) in [6.45, 7) is 4.09. The third kappa shape index (κ3) is 3.92. The molecule has 0 spiro atoms. The number of fused-ring (bicyclic) bond motifs is 2. The van der Waals surface area contributed by atoms with Crippen molar-refractivity contribution in [2.24, 2.45) is 13.0 Å². The van der Waals surface area contributed by atoms with E-state index in [1.54, 1.807) is 12.0 Å². The number of para-hydroxylation sites is 1. The number of nitrogens with one attached hydrogen (secondary N) is 1. The van der Waals surface area contributed by atoms with E-state index in [0.717, 1.165) is 28.5 Å². The van der Waals surface area contributed by atoms with Gasteiger partial charge in [-0.05, 0) is 47.9 Å². The molecule has 3 aromatic carbocycles. The van der Waals surface area contributed by atoms with Crippen LogP contribution in [0.2, 0.25) is 0 Å². The minimum atomic E-state index is -0.652. The summed E-state index contributed by atoms with van der Waals surface area (Å²) < 4.78 is 7.33. The summed E-state index contributed by atoms with van der Waals surface area (Å²) in [4.78, 5) is 29.6. The van der Waals surface area contributed by atoms with Crippen LogP contribution in [-0.4, -0.2) is 34.4 Å². The van der Waals surface area contributed by atoms with E-state index in [2.05, 4.69) is 35.1 Å². The maximum atomic E-state index is 13.9. The van der Waals surface area contributed by atoms with Gasteiger partial charge in [0.2, 0.25) is 5.91 Å². The van der Waals surface area contributed by atoms with Crippen LogP contribution >= 0.6 is 0 Å². The quantitative estimate of drug-likeness (QED) is 0.364. The molecule has 3 atom stereocenters. The van der Waals surface area contributed by atoms with Crippen LogP contribution in [0, 0.1) is 5.92 Å². The fourth-order valence-corrected chi connectivity index (χ4v) is 5.30. The Morgan fingerprint density at radius 2 is 1.69 bits per heavy atom. The molecule has 2 amide bonds. The molecule has 0 radical (unpaired) electrons. The van der Waals surface area contributed by atoms with Crippen LogP contribution in [0.4, 0.5) is 5.69 Å². The second-order valence-corrected chi connectivity index (χ2v) is 9.46. The van der Waals surface area contributed by atoms with Crippen molar-refractivity contribution in [2.45, 2.75) is 32.4 Å². The summed E-state index contributed by atoms with van der Waals surface area (Å²) in [5.74, 6) is 0.353. The van der Waals surface area contributed by atoms with Gasteiger partial charge in [0, 0.05) is 41.0 Å². The van der Waals surface area contributed by atoms with Crippen molar-refractivity contribution < 1.29 is 14.3 Å². The van der Waals surface area contributed by atoms with Crippen molar-refractivity contribution in [3.63, 3.8) is 0 Å². The molecule has 6 nitrogen and oxygen atoms in total. The van der Waals surface area contributed by atoms with Crippen LogP contribution in [0.15, 0.2) is 79.0 Å². The lowest BCUT2D eigenvalue weighted by molar-refractivity contribution is -0.122. The van der Waals surface area contributed by atoms with Gasteiger partial charge in [0.15, 0.2) is 0 Å². The van der Waals surface area contributed by atoms with Gasteiger partial charge in [-0.1, -0.05) is 56.7 Å². The second-order valence-electron chi connectivity index (χ2n) is 9.46. The zero-order chi connectivity index (χ0) is 25.4. The molecule has 0 aliphatic carbocycles. The number of methoxy groups -OCH3 is 1. The summed E-state index contributed by atoms with van der Waals surface area (Å²) in [5.41, 5.74) is 4.37. The van der Waals surface area contributed by atoms with Gasteiger partial charge in [-0.25, -0.2) is 0 Å². The summed E-state index contributed by atoms with van der Waals surface area (Å²) in [5, 5.41) is 4.14. The summed E-state index contributed by atoms with van der Waals surface area (Å²) in [7, 11) is 3.62. The van der Waals surface area contributed by atoms with Gasteiger partial charge in [0.05, 0.1) is 13.2 Å². The molecule has 1 aliphatic heterocycles. The normalized spacial score (nSPS) is 16.6. The second kappa shape index (κ2) is 9.53. The number of aryl methyl sites for hydroxylation is 1. The van der Waals surface area contributed by atoms with Gasteiger partial charge >= 0.3 is 0 Å². The maximum absolute atomic E-state index is 13.9. The van der Waals surface area contributed by atoms with Crippen molar-refractivity contribution >= 4 is 28.4 Å². The first-order valence-corrected chi connectivity index (χ1v) is 12.3. The van der Waals surface area contributed by atoms with E-state index >= 15 is 0 Å². The number of hydrogen-bond donors (Lipinski definition) is 1. The predicted molar refractivity (Wildman–Crippen MR) is 142 cm³/mol. The highest BCUT2D eigenvalue weighted by molar-refractivity contribution is 6.05. The summed E-state index contributed by atoms with van der Waals surface area (Å²) in [6.07, 6.45) is 2.84. The first-order valence-electron chi connectivity index (χ1n) is 12.3. The molecule has 184 valence electrons. The number of anilines is 1. The molecule has 5 rings (SSSR count). The molecule has 1 aliphatic rings. The number of carbonyl (C=O) groups is 2. The van der Waals surface area contributed by atoms with E-state index in [1.807, 2.05) is 74.6 Å². The molecule has 0 bridgehead atoms. The van der Waals surface area contributed by atoms with E-state index < -0.39 is 6.04 Å². The number of aromatic nitrogens is 1. The number of ether oxygens (including phenoxy) is 1. The van der Waals surface area contributed by atoms with Crippen molar-refractivity contribution in [1.29, 1.82) is 0 Å². The van der Waals surface area contributed by atoms with Gasteiger partial charge < -0.3 is 19.5 Å². The van der Waals surface area contributed by atoms with E-state index in [0.29, 0.717) is 17.0 Å². The molecule has 0 fully saturated rings. The van der Waals surface area contributed by atoms with Gasteiger partial charge in [0.25, 0.3) is 5.91 Å². The smallest absolute Gasteiger partial charge is 0.255 e. The van der Waals surface area contributed by atoms with Crippen LogP contribution in [-0.2, 0) is 11.8 Å². The van der Waals surface area contributed by atoms with Crippen molar-refractivity contribution in [3.05, 3.63) is 95.7 Å². The Morgan fingerprint density at radius 1 is 1.00 bits per heavy atom. The molecule has 1 N–H and O–H groups in total. The Labute approximate surface area is 211 Å². The first kappa shape index (κ1) is 23.7. The maximum Gasteiger partial charge on any atom is 0.255 e. The number of benzene rings is 3. The largest absolute Gasteiger partial charge is 0.497 e. The zero-order valence-corrected chi connectivity index (χ0v) is 21.1. The molecule has 6 heteroatoms. The Kier molecular flexibility index (Phi) is 6.27. The third-order valence-electron chi connectivity index (χ3n) is 7.33. The SMILES string of the molecule is CCC(C)C(C(=O)Nc1ccc(OC)cc1)N1C(=O)c2ccccc2C1c1cn(C)c2ccccc12. The van der Waals surface area contributed by atoms with Crippen LogP contribution in [0.1, 0.15) is 47.8 Å². The number of nitrogens with zero attached hydrogens (tertiary/aromatic N) is 2. The highest BCUT2D eigenvalue weighted by Crippen LogP contribution is 2.44. The molecule has 0 saturated heterocycles. The zero-order valence-electron chi connectivity index (χ0n) is 21.1. The van der Waals surface area contributed by atoms with E-state index in [9.17, 15) is 9.59 Å². The van der Waals surface area contributed by atoms with Crippen LogP contribution in [0.25, 0.3) is 10.9 Å². The Hall–Kier alpha value is -4.06. The minimum absolute atomic E-state index is 0.0565. The van der Waals surface area contributed by atoms with E-state index in [4.69, 9.17) is 4.74 Å². The van der Waals surface area contributed by atoms with E-state index in [1.165, 1.54) is 0 Å². The molecule has 3 unspecified atom stereocenters. The van der Waals surface area contributed by atoms with Gasteiger partial charge in [-0.15, -0.1) is 0 Å². The number of hydrogen-bond acceptors (Lipinski definition) is 3. The lowest BCUT2D eigenvalue weighted by Gasteiger charge is -2.36. The molecule has 1 aromatic heterocycles. The third-order valence-corrected chi connectivity index (χ3v) is 7.33. The number of carbonyl (C=O) groups excluding carboxylic acids is 2. The minimum Gasteiger partial charge on any atom is -0.497 e. The average Bonchev–Trinajstić information content (AvgIpc) is 3.38. The molecular formula is C30H31N3O3. The van der Waals surface area contributed by atoms with Gasteiger partial charge in [-0.3, -0.25) is 9.59 Å². The van der Waals surface area contributed by atoms with Gasteiger partial charge in [-0.2, -0.15) is 0 Å². The first-order chi connectivity index (χ1) is 17.4. The number of rotatable bonds is 7. The monoisotopic (exact) mass is 481 g/mol. The number of amides is 2. The Balaban J connectivity index is 1.62. The Morgan fingerprint density at radius 3 is 2.42 bits per heavy atom. The lowest BCUT2D eigenvalue weighted by atomic mass is 9.92. The van der Waals surface area contributed by atoms with Crippen LogP contribution in [0.3, 0.4) is 0 Å². The van der Waals surface area contributed by atoms with E-state index in [-0.39, 0.29) is 23.8 Å². The predicted octanol–water partition coefficient (Wildman–Crippen LogP) is 5.79. The highest BCUT2D eigenvalue weighted by atomic mass is 16.5. The topological polar surface area (TPSA) is 63.6 Å². The fraction of sp³-hybridized carbons (Fsp3) is 0.267. The molecule has 2 heterocycles. The van der Waals surface area contributed by atoms with Gasteiger partial charge in [0.1, 0.15) is 11.8 Å².